The second kappa shape index (κ2) is 63.6. The average molecular weight is 1040 g/mol. The Morgan fingerprint density at radius 3 is 1.04 bits per heavy atom. The summed E-state index contributed by atoms with van der Waals surface area (Å²) in [5.74, 6) is -0.0334. The Kier molecular flexibility index (Phi) is 62.0. The van der Waals surface area contributed by atoms with Crippen molar-refractivity contribution < 1.29 is 24.5 Å². The highest BCUT2D eigenvalue weighted by Gasteiger charge is 2.20. The van der Waals surface area contributed by atoms with Gasteiger partial charge in [-0.3, -0.25) is 9.59 Å². The van der Waals surface area contributed by atoms with Crippen molar-refractivity contribution in [2.45, 2.75) is 373 Å². The van der Waals surface area contributed by atoms with E-state index in [0.29, 0.717) is 25.9 Å². The Morgan fingerprint density at radius 1 is 0.378 bits per heavy atom. The molecule has 0 rings (SSSR count). The average Bonchev–Trinajstić information content (AvgIpc) is 3.40. The van der Waals surface area contributed by atoms with E-state index in [1.54, 1.807) is 0 Å². The van der Waals surface area contributed by atoms with Crippen molar-refractivity contribution in [1.29, 1.82) is 0 Å². The Morgan fingerprint density at radius 2 is 0.676 bits per heavy atom. The number of hydrogen-bond donors (Lipinski definition) is 3. The van der Waals surface area contributed by atoms with Gasteiger partial charge in [0, 0.05) is 12.8 Å². The first-order chi connectivity index (χ1) is 36.5. The molecule has 0 saturated heterocycles. The first-order valence-electron chi connectivity index (χ1n) is 33.2. The number of ether oxygens (including phenoxy) is 1. The summed E-state index contributed by atoms with van der Waals surface area (Å²) in [5, 5.41) is 23.3. The van der Waals surface area contributed by atoms with Crippen LogP contribution in [0.25, 0.3) is 0 Å². The first-order valence-corrected chi connectivity index (χ1v) is 33.2. The topological polar surface area (TPSA) is 95.9 Å². The van der Waals surface area contributed by atoms with Gasteiger partial charge in [0.15, 0.2) is 0 Å². The van der Waals surface area contributed by atoms with Crippen molar-refractivity contribution in [3.05, 3.63) is 36.5 Å². The lowest BCUT2D eigenvalue weighted by atomic mass is 10.0. The quantitative estimate of drug-likeness (QED) is 0.0320. The highest BCUT2D eigenvalue weighted by Crippen LogP contribution is 2.18. The van der Waals surface area contributed by atoms with E-state index in [9.17, 15) is 19.8 Å². The van der Waals surface area contributed by atoms with Crippen LogP contribution in [0.4, 0.5) is 0 Å². The third kappa shape index (κ3) is 59.3. The third-order valence-electron chi connectivity index (χ3n) is 15.4. The normalized spacial score (nSPS) is 12.8. The number of unbranched alkanes of at least 4 members (excludes halogenated alkanes) is 45. The van der Waals surface area contributed by atoms with Gasteiger partial charge in [-0.2, -0.15) is 0 Å². The monoisotopic (exact) mass is 1040 g/mol. The van der Waals surface area contributed by atoms with E-state index in [2.05, 4.69) is 55.6 Å². The minimum absolute atomic E-state index is 0.00293. The van der Waals surface area contributed by atoms with Gasteiger partial charge >= 0.3 is 5.97 Å². The fourth-order valence-corrected chi connectivity index (χ4v) is 10.3. The number of hydrogen-bond acceptors (Lipinski definition) is 5. The molecule has 0 fully saturated rings. The molecule has 6 heteroatoms. The predicted molar refractivity (Wildman–Crippen MR) is 324 cm³/mol. The van der Waals surface area contributed by atoms with E-state index in [-0.39, 0.29) is 18.5 Å². The van der Waals surface area contributed by atoms with E-state index in [1.165, 1.54) is 276 Å². The van der Waals surface area contributed by atoms with Gasteiger partial charge in [0.25, 0.3) is 0 Å². The van der Waals surface area contributed by atoms with Crippen molar-refractivity contribution in [3.8, 4) is 0 Å². The van der Waals surface area contributed by atoms with Crippen LogP contribution in [-0.2, 0) is 14.3 Å². The number of carbonyl (C=O) groups excluding carboxylic acids is 2. The molecule has 0 aliphatic rings. The maximum absolute atomic E-state index is 12.5. The zero-order valence-corrected chi connectivity index (χ0v) is 49.8. The fourth-order valence-electron chi connectivity index (χ4n) is 10.3. The number of esters is 1. The lowest BCUT2D eigenvalue weighted by Gasteiger charge is -2.22. The molecule has 0 spiro atoms. The van der Waals surface area contributed by atoms with Crippen LogP contribution < -0.4 is 5.32 Å². The number of aliphatic hydroxyl groups excluding tert-OH is 2. The molecule has 6 nitrogen and oxygen atoms in total. The summed E-state index contributed by atoms with van der Waals surface area (Å²) in [4.78, 5) is 24.6. The molecule has 0 bridgehead atoms. The van der Waals surface area contributed by atoms with Crippen LogP contribution in [0.15, 0.2) is 36.5 Å². The maximum Gasteiger partial charge on any atom is 0.305 e. The molecule has 2 atom stereocenters. The summed E-state index contributed by atoms with van der Waals surface area (Å²) in [6.07, 6.45) is 80.3. The molecule has 0 aliphatic carbocycles. The van der Waals surface area contributed by atoms with Crippen molar-refractivity contribution >= 4 is 11.9 Å². The molecule has 2 unspecified atom stereocenters. The van der Waals surface area contributed by atoms with E-state index in [0.717, 1.165) is 51.4 Å². The van der Waals surface area contributed by atoms with Gasteiger partial charge in [-0.15, -0.1) is 0 Å². The molecule has 3 N–H and O–H groups in total. The second-order valence-corrected chi connectivity index (χ2v) is 22.8. The SMILES string of the molecule is CCCCCCCC/C=C\CCCCCCCC(=O)OCCCCCCCCCCC/C=C\C/C=C\CCCCCCCCCCCCCC(=O)NC(CO)C(O)CCCCCCCCCCCCCCCCC. The number of amides is 1. The molecule has 436 valence electrons. The lowest BCUT2D eigenvalue weighted by molar-refractivity contribution is -0.143. The van der Waals surface area contributed by atoms with Crippen LogP contribution in [-0.4, -0.2) is 47.4 Å². The molecule has 0 saturated carbocycles. The zero-order chi connectivity index (χ0) is 53.6. The van der Waals surface area contributed by atoms with Crippen molar-refractivity contribution in [1.82, 2.24) is 5.32 Å². The Bertz CT molecular complexity index is 1200. The minimum atomic E-state index is -0.666. The molecule has 74 heavy (non-hydrogen) atoms. The molecule has 0 radical (unpaired) electrons. The van der Waals surface area contributed by atoms with Gasteiger partial charge in [0.1, 0.15) is 0 Å². The number of carbonyl (C=O) groups is 2. The highest BCUT2D eigenvalue weighted by molar-refractivity contribution is 5.76. The summed E-state index contributed by atoms with van der Waals surface area (Å²) in [5.41, 5.74) is 0. The molecule has 0 aromatic heterocycles. The van der Waals surface area contributed by atoms with Crippen molar-refractivity contribution in [3.63, 3.8) is 0 Å². The van der Waals surface area contributed by atoms with Crippen LogP contribution >= 0.6 is 0 Å². The van der Waals surface area contributed by atoms with E-state index in [1.807, 2.05) is 0 Å². The van der Waals surface area contributed by atoms with E-state index < -0.39 is 12.1 Å². The largest absolute Gasteiger partial charge is 0.466 e. The van der Waals surface area contributed by atoms with Gasteiger partial charge in [0.05, 0.1) is 25.4 Å². The molecule has 1 amide bonds. The van der Waals surface area contributed by atoms with Gasteiger partial charge < -0.3 is 20.3 Å². The molecule has 0 heterocycles. The van der Waals surface area contributed by atoms with E-state index in [4.69, 9.17) is 4.74 Å². The maximum atomic E-state index is 12.5. The standard InChI is InChI=1S/C68H129NO5/c1-3-5-7-9-11-13-15-17-32-36-40-44-48-52-56-60-66(71)65(64-70)69-67(72)61-57-53-49-45-41-37-34-30-28-26-24-22-20-19-21-23-25-27-29-31-35-39-43-47-51-55-59-63-74-68(73)62-58-54-50-46-42-38-33-18-16-14-12-10-8-6-4-2/h18-20,23,25,33,65-66,70-71H,3-17,21-22,24,26-32,34-64H2,1-2H3,(H,69,72)/b20-19-,25-23-,33-18-. The van der Waals surface area contributed by atoms with Crippen LogP contribution in [0.1, 0.15) is 361 Å². The number of nitrogens with one attached hydrogen (secondary N) is 1. The summed E-state index contributed by atoms with van der Waals surface area (Å²) < 4.78 is 5.48. The van der Waals surface area contributed by atoms with Crippen LogP contribution in [0.5, 0.6) is 0 Å². The summed E-state index contributed by atoms with van der Waals surface area (Å²) in [6, 6.07) is -0.544. The van der Waals surface area contributed by atoms with Crippen LogP contribution in [0, 0.1) is 0 Å². The molecule has 0 aliphatic heterocycles. The van der Waals surface area contributed by atoms with Crippen molar-refractivity contribution in [2.24, 2.45) is 0 Å². The van der Waals surface area contributed by atoms with Crippen molar-refractivity contribution in [2.75, 3.05) is 13.2 Å². The molecule has 0 aromatic carbocycles. The summed E-state index contributed by atoms with van der Waals surface area (Å²) >= 11 is 0. The fraction of sp³-hybridized carbons (Fsp3) is 0.882. The number of rotatable bonds is 62. The van der Waals surface area contributed by atoms with Gasteiger partial charge in [0.2, 0.25) is 5.91 Å². The number of aliphatic hydroxyl groups is 2. The lowest BCUT2D eigenvalue weighted by Crippen LogP contribution is -2.45. The molecular formula is C68H129NO5. The minimum Gasteiger partial charge on any atom is -0.466 e. The van der Waals surface area contributed by atoms with E-state index >= 15 is 0 Å². The zero-order valence-electron chi connectivity index (χ0n) is 49.8. The Labute approximate surface area is 462 Å². The molecule has 0 aromatic rings. The summed E-state index contributed by atoms with van der Waals surface area (Å²) in [7, 11) is 0. The first kappa shape index (κ1) is 72.1. The van der Waals surface area contributed by atoms with Crippen LogP contribution in [0.2, 0.25) is 0 Å². The smallest absolute Gasteiger partial charge is 0.305 e. The second-order valence-electron chi connectivity index (χ2n) is 22.8. The van der Waals surface area contributed by atoms with Gasteiger partial charge in [-0.05, 0) is 83.5 Å². The van der Waals surface area contributed by atoms with Gasteiger partial charge in [-0.1, -0.05) is 301 Å². The Balaban J connectivity index is 3.41. The number of allylic oxidation sites excluding steroid dienone is 6. The molecular weight excluding hydrogens is 911 g/mol. The Hall–Kier alpha value is -1.92. The summed E-state index contributed by atoms with van der Waals surface area (Å²) in [6.45, 7) is 4.96. The highest BCUT2D eigenvalue weighted by atomic mass is 16.5. The van der Waals surface area contributed by atoms with Gasteiger partial charge in [-0.25, -0.2) is 0 Å². The van der Waals surface area contributed by atoms with Crippen LogP contribution in [0.3, 0.4) is 0 Å². The third-order valence-corrected chi connectivity index (χ3v) is 15.4. The predicted octanol–water partition coefficient (Wildman–Crippen LogP) is 21.1.